The number of rotatable bonds is 4. The number of fused-ring (bicyclic) bond motifs is 1. The van der Waals surface area contributed by atoms with Crippen LogP contribution in [0, 0.1) is 6.92 Å². The van der Waals surface area contributed by atoms with Crippen molar-refractivity contribution in [2.24, 2.45) is 0 Å². The molecular weight excluding hydrogens is 292 g/mol. The van der Waals surface area contributed by atoms with Crippen molar-refractivity contribution in [3.63, 3.8) is 0 Å². The van der Waals surface area contributed by atoms with Gasteiger partial charge < -0.3 is 15.0 Å². The number of nitrogens with zero attached hydrogens (tertiary/aromatic N) is 1. The zero-order valence-electron chi connectivity index (χ0n) is 13.3. The third-order valence-corrected chi connectivity index (χ3v) is 4.59. The number of hydrogen-bond donors (Lipinski definition) is 2. The molecule has 2 heterocycles. The second kappa shape index (κ2) is 6.44. The lowest BCUT2D eigenvalue weighted by molar-refractivity contribution is -0.137. The van der Waals surface area contributed by atoms with Gasteiger partial charge in [-0.05, 0) is 50.3 Å². The first kappa shape index (κ1) is 15.6. The maximum Gasteiger partial charge on any atom is 0.303 e. The van der Waals surface area contributed by atoms with Gasteiger partial charge in [-0.15, -0.1) is 0 Å². The second-order valence-electron chi connectivity index (χ2n) is 6.35. The summed E-state index contributed by atoms with van der Waals surface area (Å²) in [6, 6.07) is 7.99. The molecule has 3 rings (SSSR count). The van der Waals surface area contributed by atoms with Gasteiger partial charge in [-0.3, -0.25) is 9.59 Å². The lowest BCUT2D eigenvalue weighted by Gasteiger charge is -2.35. The number of likely N-dealkylation sites (tertiary alicyclic amines) is 1. The molecule has 1 atom stereocenters. The summed E-state index contributed by atoms with van der Waals surface area (Å²) in [5.41, 5.74) is 2.70. The summed E-state index contributed by atoms with van der Waals surface area (Å²) in [6.45, 7) is 2.73. The van der Waals surface area contributed by atoms with E-state index in [1.165, 1.54) is 0 Å². The molecule has 1 aromatic carbocycles. The quantitative estimate of drug-likeness (QED) is 0.909. The van der Waals surface area contributed by atoms with Gasteiger partial charge in [0.25, 0.3) is 5.91 Å². The monoisotopic (exact) mass is 314 g/mol. The van der Waals surface area contributed by atoms with Crippen LogP contribution in [0.25, 0.3) is 10.9 Å². The molecule has 1 fully saturated rings. The lowest BCUT2D eigenvalue weighted by Crippen LogP contribution is -2.44. The number of aromatic nitrogens is 1. The number of hydrogen-bond acceptors (Lipinski definition) is 2. The number of aliphatic carboxylic acids is 1. The first-order valence-electron chi connectivity index (χ1n) is 8.17. The fourth-order valence-corrected chi connectivity index (χ4v) is 3.37. The third kappa shape index (κ3) is 3.38. The Labute approximate surface area is 135 Å². The number of aromatic amines is 1. The largest absolute Gasteiger partial charge is 0.481 e. The molecule has 1 saturated heterocycles. The van der Waals surface area contributed by atoms with Crippen molar-refractivity contribution < 1.29 is 14.7 Å². The number of carbonyl (C=O) groups is 2. The number of piperidine rings is 1. The van der Waals surface area contributed by atoms with E-state index in [1.54, 1.807) is 0 Å². The highest BCUT2D eigenvalue weighted by atomic mass is 16.4. The van der Waals surface area contributed by atoms with E-state index < -0.39 is 5.97 Å². The predicted octanol–water partition coefficient (Wildman–Crippen LogP) is 3.34. The normalized spacial score (nSPS) is 18.3. The molecule has 1 unspecified atom stereocenters. The summed E-state index contributed by atoms with van der Waals surface area (Å²) in [5.74, 6) is -0.821. The Hall–Kier alpha value is -2.30. The Morgan fingerprint density at radius 3 is 2.91 bits per heavy atom. The number of carboxylic acids is 1. The van der Waals surface area contributed by atoms with Crippen molar-refractivity contribution in [3.05, 3.63) is 35.5 Å². The van der Waals surface area contributed by atoms with Gasteiger partial charge in [0.05, 0.1) is 0 Å². The first-order valence-corrected chi connectivity index (χ1v) is 8.17. The summed E-state index contributed by atoms with van der Waals surface area (Å²) < 4.78 is 0. The standard InChI is InChI=1S/C18H22N2O3/c1-12-5-6-13-11-16(19-15(13)10-12)18(23)20-9-3-2-4-14(20)7-8-17(21)22/h5-6,10-11,14,19H,2-4,7-9H2,1H3,(H,21,22). The zero-order valence-corrected chi connectivity index (χ0v) is 13.3. The smallest absolute Gasteiger partial charge is 0.303 e. The molecule has 0 spiro atoms. The Kier molecular flexibility index (Phi) is 4.37. The molecule has 0 saturated carbocycles. The van der Waals surface area contributed by atoms with Crippen molar-refractivity contribution in [2.75, 3.05) is 6.54 Å². The van der Waals surface area contributed by atoms with E-state index in [1.807, 2.05) is 36.1 Å². The molecule has 122 valence electrons. The molecule has 5 heteroatoms. The number of amides is 1. The highest BCUT2D eigenvalue weighted by Crippen LogP contribution is 2.24. The fourth-order valence-electron chi connectivity index (χ4n) is 3.37. The van der Waals surface area contributed by atoms with Crippen LogP contribution in [-0.2, 0) is 4.79 Å². The van der Waals surface area contributed by atoms with E-state index in [9.17, 15) is 9.59 Å². The van der Waals surface area contributed by atoms with Gasteiger partial charge in [0, 0.05) is 29.9 Å². The maximum absolute atomic E-state index is 12.9. The first-order chi connectivity index (χ1) is 11.0. The van der Waals surface area contributed by atoms with Crippen LogP contribution in [0.4, 0.5) is 0 Å². The lowest BCUT2D eigenvalue weighted by atomic mass is 9.97. The molecule has 2 aromatic rings. The van der Waals surface area contributed by atoms with Crippen LogP contribution in [0.15, 0.2) is 24.3 Å². The van der Waals surface area contributed by atoms with Gasteiger partial charge in [-0.2, -0.15) is 0 Å². The van der Waals surface area contributed by atoms with E-state index in [0.717, 1.165) is 35.7 Å². The molecule has 0 aliphatic carbocycles. The van der Waals surface area contributed by atoms with Crippen LogP contribution < -0.4 is 0 Å². The van der Waals surface area contributed by atoms with Gasteiger partial charge in [0.1, 0.15) is 5.69 Å². The summed E-state index contributed by atoms with van der Waals surface area (Å²) in [7, 11) is 0. The van der Waals surface area contributed by atoms with E-state index in [2.05, 4.69) is 4.98 Å². The number of benzene rings is 1. The summed E-state index contributed by atoms with van der Waals surface area (Å²) in [6.07, 6.45) is 3.56. The average Bonchev–Trinajstić information content (AvgIpc) is 2.95. The van der Waals surface area contributed by atoms with Crippen molar-refractivity contribution in [3.8, 4) is 0 Å². The molecule has 2 N–H and O–H groups in total. The van der Waals surface area contributed by atoms with Crippen molar-refractivity contribution in [1.29, 1.82) is 0 Å². The van der Waals surface area contributed by atoms with Gasteiger partial charge in [-0.1, -0.05) is 12.1 Å². The average molecular weight is 314 g/mol. The Morgan fingerprint density at radius 2 is 2.13 bits per heavy atom. The van der Waals surface area contributed by atoms with Crippen molar-refractivity contribution >= 4 is 22.8 Å². The number of carbonyl (C=O) groups excluding carboxylic acids is 1. The minimum absolute atomic E-state index is 0.0195. The molecule has 5 nitrogen and oxygen atoms in total. The molecule has 1 aliphatic heterocycles. The summed E-state index contributed by atoms with van der Waals surface area (Å²) in [4.78, 5) is 28.7. The third-order valence-electron chi connectivity index (χ3n) is 4.59. The summed E-state index contributed by atoms with van der Waals surface area (Å²) in [5, 5.41) is 9.92. The molecule has 1 amide bonds. The minimum atomic E-state index is -0.802. The number of carboxylic acid groups (broad SMARTS) is 1. The predicted molar refractivity (Wildman–Crippen MR) is 88.6 cm³/mol. The van der Waals surface area contributed by atoms with Gasteiger partial charge in [0.15, 0.2) is 0 Å². The molecule has 1 aromatic heterocycles. The van der Waals surface area contributed by atoms with Gasteiger partial charge in [0.2, 0.25) is 0 Å². The van der Waals surface area contributed by atoms with E-state index in [4.69, 9.17) is 5.11 Å². The maximum atomic E-state index is 12.9. The minimum Gasteiger partial charge on any atom is -0.481 e. The molecule has 0 bridgehead atoms. The number of H-pyrrole nitrogens is 1. The van der Waals surface area contributed by atoms with Gasteiger partial charge >= 0.3 is 5.97 Å². The second-order valence-corrected chi connectivity index (χ2v) is 6.35. The van der Waals surface area contributed by atoms with Crippen LogP contribution >= 0.6 is 0 Å². The SMILES string of the molecule is Cc1ccc2cc(C(=O)N3CCCCC3CCC(=O)O)[nH]c2c1. The number of aryl methyl sites for hydroxylation is 1. The molecule has 1 aliphatic rings. The highest BCUT2D eigenvalue weighted by Gasteiger charge is 2.28. The molecule has 23 heavy (non-hydrogen) atoms. The zero-order chi connectivity index (χ0) is 16.4. The number of nitrogens with one attached hydrogen (secondary N) is 1. The molecular formula is C18H22N2O3. The Balaban J connectivity index is 1.81. The Bertz CT molecular complexity index is 735. The van der Waals surface area contributed by atoms with Crippen LogP contribution in [-0.4, -0.2) is 39.5 Å². The van der Waals surface area contributed by atoms with E-state index in [-0.39, 0.29) is 18.4 Å². The van der Waals surface area contributed by atoms with E-state index in [0.29, 0.717) is 18.7 Å². The molecule has 0 radical (unpaired) electrons. The Morgan fingerprint density at radius 1 is 1.30 bits per heavy atom. The van der Waals surface area contributed by atoms with Gasteiger partial charge in [-0.25, -0.2) is 0 Å². The topological polar surface area (TPSA) is 73.4 Å². The highest BCUT2D eigenvalue weighted by molar-refractivity contribution is 5.98. The fraction of sp³-hybridized carbons (Fsp3) is 0.444. The van der Waals surface area contributed by atoms with Crippen LogP contribution in [0.5, 0.6) is 0 Å². The van der Waals surface area contributed by atoms with Crippen molar-refractivity contribution in [1.82, 2.24) is 9.88 Å². The van der Waals surface area contributed by atoms with E-state index >= 15 is 0 Å². The van der Waals surface area contributed by atoms with Crippen LogP contribution in [0.3, 0.4) is 0 Å². The van der Waals surface area contributed by atoms with Crippen LogP contribution in [0.2, 0.25) is 0 Å². The summed E-state index contributed by atoms with van der Waals surface area (Å²) >= 11 is 0. The van der Waals surface area contributed by atoms with Crippen LogP contribution in [0.1, 0.15) is 48.2 Å². The van der Waals surface area contributed by atoms with Crippen molar-refractivity contribution in [2.45, 2.75) is 45.1 Å².